The monoisotopic (exact) mass is 398 g/mol. The van der Waals surface area contributed by atoms with E-state index in [0.29, 0.717) is 22.5 Å². The van der Waals surface area contributed by atoms with Crippen LogP contribution in [0.2, 0.25) is 0 Å². The summed E-state index contributed by atoms with van der Waals surface area (Å²) in [4.78, 5) is 27.3. The summed E-state index contributed by atoms with van der Waals surface area (Å²) in [6, 6.07) is 0. The first-order valence-electron chi connectivity index (χ1n) is 10.1. The maximum Gasteiger partial charge on any atom is 0.240 e. The highest BCUT2D eigenvalue weighted by atomic mass is 32.2. The van der Waals surface area contributed by atoms with E-state index in [-0.39, 0.29) is 29.8 Å². The number of likely N-dealkylation sites (N-methyl/N-ethyl adjacent to an activating group) is 1. The van der Waals surface area contributed by atoms with Crippen LogP contribution >= 0.6 is 23.5 Å². The molecule has 2 bridgehead atoms. The van der Waals surface area contributed by atoms with Crippen LogP contribution in [0.25, 0.3) is 0 Å². The molecule has 4 nitrogen and oxygen atoms in total. The van der Waals surface area contributed by atoms with Gasteiger partial charge in [-0.3, -0.25) is 9.59 Å². The van der Waals surface area contributed by atoms with Crippen molar-refractivity contribution in [3.05, 3.63) is 0 Å². The molecule has 1 N–H and O–H groups in total. The molecular weight excluding hydrogens is 364 g/mol. The first-order chi connectivity index (χ1) is 12.2. The van der Waals surface area contributed by atoms with E-state index in [0.717, 1.165) is 12.8 Å². The van der Waals surface area contributed by atoms with Crippen molar-refractivity contribution in [1.82, 2.24) is 10.2 Å². The molecule has 3 atom stereocenters. The number of amides is 2. The predicted octanol–water partition coefficient (Wildman–Crippen LogP) is 3.75. The molecule has 2 saturated carbocycles. The zero-order chi connectivity index (χ0) is 18.9. The van der Waals surface area contributed by atoms with Crippen molar-refractivity contribution in [1.29, 1.82) is 0 Å². The molecule has 2 aliphatic carbocycles. The van der Waals surface area contributed by atoms with Crippen LogP contribution in [-0.2, 0) is 9.59 Å². The molecule has 26 heavy (non-hydrogen) atoms. The van der Waals surface area contributed by atoms with Crippen molar-refractivity contribution in [3.63, 3.8) is 0 Å². The van der Waals surface area contributed by atoms with Crippen molar-refractivity contribution in [2.75, 3.05) is 24.6 Å². The van der Waals surface area contributed by atoms with Crippen LogP contribution in [0.4, 0.5) is 0 Å². The molecule has 6 heteroatoms. The van der Waals surface area contributed by atoms with Crippen LogP contribution in [0.15, 0.2) is 0 Å². The summed E-state index contributed by atoms with van der Waals surface area (Å²) in [7, 11) is 0. The molecule has 1 spiro atoms. The number of carbonyl (C=O) groups excluding carboxylic acids is 2. The summed E-state index contributed by atoms with van der Waals surface area (Å²) in [5.41, 5.74) is -0.259. The summed E-state index contributed by atoms with van der Waals surface area (Å²) in [6.07, 6.45) is 5.91. The highest BCUT2D eigenvalue weighted by Crippen LogP contribution is 2.64. The first-order valence-corrected chi connectivity index (χ1v) is 12.1. The molecule has 1 saturated heterocycles. The van der Waals surface area contributed by atoms with E-state index in [9.17, 15) is 9.59 Å². The zero-order valence-electron chi connectivity index (χ0n) is 16.7. The molecule has 3 aliphatic rings. The molecule has 0 aromatic carbocycles. The Kier molecular flexibility index (Phi) is 6.22. The molecule has 1 aliphatic heterocycles. The smallest absolute Gasteiger partial charge is 0.240 e. The Balaban J connectivity index is 1.65. The molecule has 0 aromatic heterocycles. The Hall–Kier alpha value is -0.360. The van der Waals surface area contributed by atoms with Gasteiger partial charge in [0.1, 0.15) is 0 Å². The standard InChI is InChI=1S/C20H34N2O2S2/c1-5-22(13-17(23)21-19(2,3)4)18(24)14-11-15-7-6-8-16(12-14)20(15)25-9-10-26-20/h14-16H,5-13H2,1-4H3,(H,21,23)/t14?,15-,16+. The minimum atomic E-state index is -0.259. The Morgan fingerprint density at radius 2 is 1.69 bits per heavy atom. The van der Waals surface area contributed by atoms with E-state index < -0.39 is 0 Å². The van der Waals surface area contributed by atoms with E-state index in [2.05, 4.69) is 28.8 Å². The SMILES string of the molecule is CCN(CC(=O)NC(C)(C)C)C(=O)C1C[C@H]2CCC[C@@H](C1)C21SCCS1. The Morgan fingerprint density at radius 3 is 2.19 bits per heavy atom. The molecule has 2 amide bonds. The van der Waals surface area contributed by atoms with Crippen molar-refractivity contribution in [2.45, 2.75) is 69.4 Å². The van der Waals surface area contributed by atoms with Crippen molar-refractivity contribution < 1.29 is 9.59 Å². The van der Waals surface area contributed by atoms with Crippen LogP contribution in [0.3, 0.4) is 0 Å². The summed E-state index contributed by atoms with van der Waals surface area (Å²) in [5.74, 6) is 4.14. The van der Waals surface area contributed by atoms with Gasteiger partial charge in [-0.15, -0.1) is 23.5 Å². The fourth-order valence-electron chi connectivity index (χ4n) is 5.05. The number of thioether (sulfide) groups is 2. The number of nitrogens with zero attached hydrogens (tertiary/aromatic N) is 1. The maximum absolute atomic E-state index is 13.2. The topological polar surface area (TPSA) is 49.4 Å². The summed E-state index contributed by atoms with van der Waals surface area (Å²) >= 11 is 4.35. The van der Waals surface area contributed by atoms with Crippen LogP contribution < -0.4 is 5.32 Å². The minimum absolute atomic E-state index is 0.0536. The Labute approximate surface area is 167 Å². The second-order valence-corrected chi connectivity index (χ2v) is 12.1. The van der Waals surface area contributed by atoms with Crippen molar-refractivity contribution in [2.24, 2.45) is 17.8 Å². The molecule has 0 aromatic rings. The quantitative estimate of drug-likeness (QED) is 0.783. The number of carbonyl (C=O) groups is 2. The summed E-state index contributed by atoms with van der Waals surface area (Å²) < 4.78 is 0.398. The first kappa shape index (κ1) is 20.4. The van der Waals surface area contributed by atoms with Crippen molar-refractivity contribution in [3.8, 4) is 0 Å². The summed E-state index contributed by atoms with van der Waals surface area (Å²) in [6.45, 7) is 8.70. The molecule has 0 radical (unpaired) electrons. The van der Waals surface area contributed by atoms with Gasteiger partial charge in [0.2, 0.25) is 11.8 Å². The molecule has 3 fully saturated rings. The van der Waals surface area contributed by atoms with Gasteiger partial charge in [-0.1, -0.05) is 6.42 Å². The lowest BCUT2D eigenvalue weighted by Gasteiger charge is -2.52. The second-order valence-electron chi connectivity index (χ2n) is 9.06. The second kappa shape index (κ2) is 7.94. The predicted molar refractivity (Wildman–Crippen MR) is 111 cm³/mol. The summed E-state index contributed by atoms with van der Waals surface area (Å²) in [5, 5.41) is 2.98. The molecule has 148 valence electrons. The third kappa shape index (κ3) is 4.21. The van der Waals surface area contributed by atoms with Crippen LogP contribution in [0.5, 0.6) is 0 Å². The van der Waals surface area contributed by atoms with E-state index in [1.807, 2.05) is 27.7 Å². The number of hydrogen-bond donors (Lipinski definition) is 1. The van der Waals surface area contributed by atoms with Gasteiger partial charge in [0.15, 0.2) is 0 Å². The van der Waals surface area contributed by atoms with Gasteiger partial charge in [-0.25, -0.2) is 0 Å². The Bertz CT molecular complexity index is 524. The van der Waals surface area contributed by atoms with Crippen LogP contribution in [0, 0.1) is 17.8 Å². The van der Waals surface area contributed by atoms with Crippen LogP contribution in [0.1, 0.15) is 59.8 Å². The molecule has 3 rings (SSSR count). The zero-order valence-corrected chi connectivity index (χ0v) is 18.3. The Morgan fingerprint density at radius 1 is 1.12 bits per heavy atom. The minimum Gasteiger partial charge on any atom is -0.350 e. The highest BCUT2D eigenvalue weighted by Gasteiger charge is 2.55. The molecule has 1 heterocycles. The molecule has 1 unspecified atom stereocenters. The average Bonchev–Trinajstić information content (AvgIpc) is 2.99. The van der Waals surface area contributed by atoms with Gasteiger partial charge >= 0.3 is 0 Å². The number of nitrogens with one attached hydrogen (secondary N) is 1. The third-order valence-corrected chi connectivity index (χ3v) is 10.0. The third-order valence-electron chi connectivity index (χ3n) is 6.01. The van der Waals surface area contributed by atoms with Gasteiger partial charge in [0, 0.05) is 29.5 Å². The molecular formula is C20H34N2O2S2. The van der Waals surface area contributed by atoms with Crippen molar-refractivity contribution >= 4 is 35.3 Å². The maximum atomic E-state index is 13.2. The van der Waals surface area contributed by atoms with Gasteiger partial charge in [-0.2, -0.15) is 0 Å². The highest BCUT2D eigenvalue weighted by molar-refractivity contribution is 8.21. The largest absolute Gasteiger partial charge is 0.350 e. The fraction of sp³-hybridized carbons (Fsp3) is 0.900. The lowest BCUT2D eigenvalue weighted by molar-refractivity contribution is -0.141. The van der Waals surface area contributed by atoms with Gasteiger partial charge in [-0.05, 0) is 65.2 Å². The van der Waals surface area contributed by atoms with Gasteiger partial charge in [0.25, 0.3) is 0 Å². The average molecular weight is 399 g/mol. The number of rotatable bonds is 4. The lowest BCUT2D eigenvalue weighted by atomic mass is 9.66. The van der Waals surface area contributed by atoms with Gasteiger partial charge in [0.05, 0.1) is 10.6 Å². The van der Waals surface area contributed by atoms with Crippen LogP contribution in [-0.4, -0.2) is 50.9 Å². The van der Waals surface area contributed by atoms with E-state index in [1.54, 1.807) is 4.90 Å². The fourth-order valence-corrected chi connectivity index (χ4v) is 8.98. The van der Waals surface area contributed by atoms with E-state index in [4.69, 9.17) is 0 Å². The van der Waals surface area contributed by atoms with Gasteiger partial charge < -0.3 is 10.2 Å². The lowest BCUT2D eigenvalue weighted by Crippen LogP contribution is -2.52. The number of hydrogen-bond acceptors (Lipinski definition) is 4. The van der Waals surface area contributed by atoms with E-state index >= 15 is 0 Å². The normalized spacial score (nSPS) is 30.2. The van der Waals surface area contributed by atoms with E-state index in [1.165, 1.54) is 30.8 Å².